The standard InChI is InChI=1S/C24H16ClN3O3S/c1-13-4-9-16(11-17(13)23(29)30)31-24-26-19-12-18(25)21(27-22(19)28-24)15-7-5-14(6-8-15)20-3-2-10-32-20/h2-12H,1H3,(H,29,30)(H,26,27,28). The van der Waals surface area contributed by atoms with Crippen molar-refractivity contribution in [3.8, 4) is 33.5 Å². The smallest absolute Gasteiger partial charge is 0.336 e. The number of rotatable bonds is 5. The maximum Gasteiger partial charge on any atom is 0.336 e. The summed E-state index contributed by atoms with van der Waals surface area (Å²) in [6.07, 6.45) is 0. The number of thiophene rings is 1. The molecular formula is C24H16ClN3O3S. The van der Waals surface area contributed by atoms with Crippen LogP contribution in [0.25, 0.3) is 32.9 Å². The molecule has 0 bridgehead atoms. The number of nitrogens with one attached hydrogen (secondary N) is 1. The van der Waals surface area contributed by atoms with Gasteiger partial charge in [0.15, 0.2) is 5.65 Å². The molecule has 2 aromatic carbocycles. The Morgan fingerprint density at radius 2 is 1.84 bits per heavy atom. The molecule has 32 heavy (non-hydrogen) atoms. The number of hydrogen-bond donors (Lipinski definition) is 2. The Bertz CT molecular complexity index is 1440. The van der Waals surface area contributed by atoms with E-state index in [9.17, 15) is 9.90 Å². The van der Waals surface area contributed by atoms with Crippen LogP contribution < -0.4 is 4.74 Å². The molecule has 0 fully saturated rings. The van der Waals surface area contributed by atoms with E-state index in [1.165, 1.54) is 10.9 Å². The molecule has 0 atom stereocenters. The fourth-order valence-corrected chi connectivity index (χ4v) is 4.38. The summed E-state index contributed by atoms with van der Waals surface area (Å²) < 4.78 is 5.74. The molecule has 0 saturated heterocycles. The van der Waals surface area contributed by atoms with E-state index in [0.29, 0.717) is 33.2 Å². The van der Waals surface area contributed by atoms with Gasteiger partial charge in [0.25, 0.3) is 0 Å². The number of carboxylic acid groups (broad SMARTS) is 1. The summed E-state index contributed by atoms with van der Waals surface area (Å²) in [5, 5.41) is 11.8. The second-order valence-electron chi connectivity index (χ2n) is 7.17. The van der Waals surface area contributed by atoms with Crippen LogP contribution >= 0.6 is 22.9 Å². The van der Waals surface area contributed by atoms with Gasteiger partial charge in [0.2, 0.25) is 0 Å². The van der Waals surface area contributed by atoms with Gasteiger partial charge in [0.1, 0.15) is 5.75 Å². The van der Waals surface area contributed by atoms with Gasteiger partial charge in [-0.15, -0.1) is 11.3 Å². The van der Waals surface area contributed by atoms with Gasteiger partial charge in [0, 0.05) is 10.4 Å². The average Bonchev–Trinajstić information content (AvgIpc) is 3.44. The van der Waals surface area contributed by atoms with Crippen molar-refractivity contribution in [1.82, 2.24) is 15.0 Å². The Balaban J connectivity index is 1.46. The molecule has 3 aromatic heterocycles. The minimum atomic E-state index is -1.01. The lowest BCUT2D eigenvalue weighted by molar-refractivity contribution is 0.0695. The number of benzene rings is 2. The summed E-state index contributed by atoms with van der Waals surface area (Å²) in [6.45, 7) is 1.73. The van der Waals surface area contributed by atoms with E-state index < -0.39 is 5.97 Å². The number of pyridine rings is 1. The molecule has 0 radical (unpaired) electrons. The lowest BCUT2D eigenvalue weighted by Gasteiger charge is -2.05. The Hall–Kier alpha value is -3.68. The first-order valence-corrected chi connectivity index (χ1v) is 11.0. The Kier molecular flexibility index (Phi) is 5.13. The highest BCUT2D eigenvalue weighted by molar-refractivity contribution is 7.13. The number of carbonyl (C=O) groups is 1. The van der Waals surface area contributed by atoms with E-state index in [-0.39, 0.29) is 11.6 Å². The van der Waals surface area contributed by atoms with Gasteiger partial charge in [-0.1, -0.05) is 48.0 Å². The first-order valence-electron chi connectivity index (χ1n) is 9.70. The Labute approximate surface area is 192 Å². The minimum Gasteiger partial charge on any atom is -0.478 e. The predicted molar refractivity (Wildman–Crippen MR) is 126 cm³/mol. The summed E-state index contributed by atoms with van der Waals surface area (Å²) in [6, 6.07) is 19.0. The van der Waals surface area contributed by atoms with Crippen LogP contribution in [-0.2, 0) is 0 Å². The molecule has 2 N–H and O–H groups in total. The number of aromatic nitrogens is 3. The summed E-state index contributed by atoms with van der Waals surface area (Å²) >= 11 is 8.19. The number of hydrogen-bond acceptors (Lipinski definition) is 5. The zero-order chi connectivity index (χ0) is 22.2. The van der Waals surface area contributed by atoms with Crippen molar-refractivity contribution in [2.45, 2.75) is 6.92 Å². The molecule has 0 aliphatic carbocycles. The van der Waals surface area contributed by atoms with Crippen LogP contribution in [0.5, 0.6) is 11.8 Å². The number of carboxylic acids is 1. The highest BCUT2D eigenvalue weighted by atomic mass is 35.5. The number of imidazole rings is 1. The van der Waals surface area contributed by atoms with Gasteiger partial charge in [-0.25, -0.2) is 9.78 Å². The first-order chi connectivity index (χ1) is 15.5. The molecule has 0 saturated carbocycles. The molecule has 0 aliphatic rings. The number of fused-ring (bicyclic) bond motifs is 1. The first kappa shape index (κ1) is 20.2. The van der Waals surface area contributed by atoms with Crippen molar-refractivity contribution in [2.75, 3.05) is 0 Å². The third-order valence-corrected chi connectivity index (χ3v) is 6.23. The number of aryl methyl sites for hydroxylation is 1. The summed E-state index contributed by atoms with van der Waals surface area (Å²) in [5.41, 5.74) is 4.54. The van der Waals surface area contributed by atoms with Crippen molar-refractivity contribution < 1.29 is 14.6 Å². The topological polar surface area (TPSA) is 88.1 Å². The van der Waals surface area contributed by atoms with E-state index in [2.05, 4.69) is 21.0 Å². The fraction of sp³-hybridized carbons (Fsp3) is 0.0417. The minimum absolute atomic E-state index is 0.174. The lowest BCUT2D eigenvalue weighted by atomic mass is 10.1. The van der Waals surface area contributed by atoms with E-state index in [0.717, 1.165) is 11.1 Å². The maximum absolute atomic E-state index is 11.4. The van der Waals surface area contributed by atoms with Crippen LogP contribution in [-0.4, -0.2) is 26.0 Å². The van der Waals surface area contributed by atoms with E-state index in [1.54, 1.807) is 36.5 Å². The monoisotopic (exact) mass is 461 g/mol. The lowest BCUT2D eigenvalue weighted by Crippen LogP contribution is -2.00. The number of aromatic amines is 1. The highest BCUT2D eigenvalue weighted by Gasteiger charge is 2.14. The number of nitrogens with zero attached hydrogens (tertiary/aromatic N) is 2. The summed E-state index contributed by atoms with van der Waals surface area (Å²) in [7, 11) is 0. The van der Waals surface area contributed by atoms with Crippen LogP contribution in [0.2, 0.25) is 5.02 Å². The Morgan fingerprint density at radius 3 is 2.56 bits per heavy atom. The second kappa shape index (κ2) is 8.11. The molecule has 0 spiro atoms. The van der Waals surface area contributed by atoms with Crippen LogP contribution in [0, 0.1) is 6.92 Å². The molecule has 5 rings (SSSR count). The number of halogens is 1. The summed E-state index contributed by atoms with van der Waals surface area (Å²) in [4.78, 5) is 24.6. The molecular weight excluding hydrogens is 446 g/mol. The van der Waals surface area contributed by atoms with E-state index in [4.69, 9.17) is 16.3 Å². The van der Waals surface area contributed by atoms with Gasteiger partial charge in [-0.05, 0) is 47.7 Å². The number of H-pyrrole nitrogens is 1. The third kappa shape index (κ3) is 3.84. The molecule has 158 valence electrons. The molecule has 8 heteroatoms. The van der Waals surface area contributed by atoms with Gasteiger partial charge >= 0.3 is 12.0 Å². The normalized spacial score (nSPS) is 11.1. The van der Waals surface area contributed by atoms with Gasteiger partial charge < -0.3 is 14.8 Å². The fourth-order valence-electron chi connectivity index (χ4n) is 3.39. The van der Waals surface area contributed by atoms with Crippen LogP contribution in [0.4, 0.5) is 0 Å². The number of aromatic carboxylic acids is 1. The van der Waals surface area contributed by atoms with E-state index >= 15 is 0 Å². The van der Waals surface area contributed by atoms with Crippen molar-refractivity contribution in [2.24, 2.45) is 0 Å². The van der Waals surface area contributed by atoms with E-state index in [1.807, 2.05) is 35.7 Å². The van der Waals surface area contributed by atoms with Crippen molar-refractivity contribution in [3.05, 3.63) is 82.2 Å². The Morgan fingerprint density at radius 1 is 1.06 bits per heavy atom. The van der Waals surface area contributed by atoms with Gasteiger partial charge in [0.05, 0.1) is 21.8 Å². The van der Waals surface area contributed by atoms with Crippen molar-refractivity contribution in [1.29, 1.82) is 0 Å². The number of ether oxygens (including phenoxy) is 1. The maximum atomic E-state index is 11.4. The largest absolute Gasteiger partial charge is 0.478 e. The third-order valence-electron chi connectivity index (χ3n) is 5.02. The van der Waals surface area contributed by atoms with Gasteiger partial charge in [-0.3, -0.25) is 0 Å². The molecule has 0 aliphatic heterocycles. The average molecular weight is 462 g/mol. The van der Waals surface area contributed by atoms with Crippen LogP contribution in [0.15, 0.2) is 66.0 Å². The molecule has 6 nitrogen and oxygen atoms in total. The molecule has 5 aromatic rings. The zero-order valence-corrected chi connectivity index (χ0v) is 18.4. The van der Waals surface area contributed by atoms with Crippen molar-refractivity contribution in [3.63, 3.8) is 0 Å². The summed E-state index contributed by atoms with van der Waals surface area (Å²) in [5.74, 6) is -0.650. The highest BCUT2D eigenvalue weighted by Crippen LogP contribution is 2.32. The van der Waals surface area contributed by atoms with Crippen LogP contribution in [0.3, 0.4) is 0 Å². The second-order valence-corrected chi connectivity index (χ2v) is 8.53. The molecule has 0 unspecified atom stereocenters. The quantitative estimate of drug-likeness (QED) is 0.300. The van der Waals surface area contributed by atoms with Gasteiger partial charge in [-0.2, -0.15) is 4.98 Å². The SMILES string of the molecule is Cc1ccc(Oc2nc3nc(-c4ccc(-c5cccs5)cc4)c(Cl)cc3[nH]2)cc1C(=O)O. The van der Waals surface area contributed by atoms with Crippen LogP contribution in [0.1, 0.15) is 15.9 Å². The zero-order valence-electron chi connectivity index (χ0n) is 16.8. The predicted octanol–water partition coefficient (Wildman–Crippen LogP) is 6.81. The van der Waals surface area contributed by atoms with Crippen molar-refractivity contribution >= 4 is 40.1 Å². The molecule has 3 heterocycles. The molecule has 0 amide bonds.